The monoisotopic (exact) mass is 594 g/mol. The number of pyridine rings is 1. The highest BCUT2D eigenvalue weighted by molar-refractivity contribution is 7.89. The Morgan fingerprint density at radius 1 is 1.05 bits per heavy atom. The van der Waals surface area contributed by atoms with Crippen molar-refractivity contribution in [2.45, 2.75) is 88.8 Å². The van der Waals surface area contributed by atoms with Crippen LogP contribution in [0.15, 0.2) is 66.0 Å². The zero-order chi connectivity index (χ0) is 29.4. The highest BCUT2D eigenvalue weighted by atomic mass is 32.2. The summed E-state index contributed by atoms with van der Waals surface area (Å²) < 4.78 is 37.6. The fraction of sp³-hybridized carbons (Fsp3) is 0.419. The molecule has 4 aromatic rings. The molecule has 0 bridgehead atoms. The second-order valence-electron chi connectivity index (χ2n) is 12.0. The van der Waals surface area contributed by atoms with Crippen LogP contribution in [-0.2, 0) is 14.8 Å². The topological polar surface area (TPSA) is 102 Å². The third-order valence-electron chi connectivity index (χ3n) is 7.12. The Morgan fingerprint density at radius 2 is 1.80 bits per heavy atom. The van der Waals surface area contributed by atoms with Crippen LogP contribution in [0.4, 0.5) is 4.79 Å². The van der Waals surface area contributed by atoms with E-state index in [9.17, 15) is 13.2 Å². The van der Waals surface area contributed by atoms with Crippen LogP contribution in [0.3, 0.4) is 0 Å². The summed E-state index contributed by atoms with van der Waals surface area (Å²) in [5.74, 6) is 0.271. The Hall–Kier alpha value is -3.21. The van der Waals surface area contributed by atoms with Crippen molar-refractivity contribution in [1.82, 2.24) is 19.4 Å². The highest BCUT2D eigenvalue weighted by Gasteiger charge is 2.29. The molecule has 0 unspecified atom stereocenters. The molecule has 1 amide bonds. The molecule has 0 radical (unpaired) electrons. The number of nitrogens with one attached hydrogen (secondary N) is 2. The van der Waals surface area contributed by atoms with Crippen molar-refractivity contribution in [1.29, 1.82) is 0 Å². The summed E-state index contributed by atoms with van der Waals surface area (Å²) in [5, 5.41) is 3.97. The molecule has 0 atom stereocenters. The number of alkyl carbamates (subject to hydrolysis) is 1. The molecule has 0 saturated heterocycles. The second kappa shape index (κ2) is 11.6. The van der Waals surface area contributed by atoms with Crippen molar-refractivity contribution in [3.8, 4) is 21.6 Å². The minimum Gasteiger partial charge on any atom is -0.447 e. The van der Waals surface area contributed by atoms with Gasteiger partial charge in [0, 0.05) is 47.2 Å². The molecule has 10 heteroatoms. The Kier molecular flexibility index (Phi) is 8.27. The predicted molar refractivity (Wildman–Crippen MR) is 164 cm³/mol. The normalized spacial score (nSPS) is 18.1. The van der Waals surface area contributed by atoms with Gasteiger partial charge in [-0.25, -0.2) is 22.9 Å². The van der Waals surface area contributed by atoms with E-state index >= 15 is 0 Å². The van der Waals surface area contributed by atoms with E-state index in [1.807, 2.05) is 87.8 Å². The van der Waals surface area contributed by atoms with Gasteiger partial charge in [0.25, 0.3) is 0 Å². The van der Waals surface area contributed by atoms with Crippen LogP contribution < -0.4 is 10.0 Å². The minimum atomic E-state index is -3.84. The smallest absolute Gasteiger partial charge is 0.407 e. The molecule has 41 heavy (non-hydrogen) atoms. The standard InChI is InChI=1S/C31H38N4O4S2/c1-20(2)39-30(36)33-23-12-9-21(10-13-23)29-32-19-27(40-29)25-14-11-22(18-28(25)41(37,38)34-31(3,4)5)24-15-17-35-16-7-6-8-26(24)35/h6-8,11,14-21,23,34H,9-10,12-13H2,1-5H3,(H,33,36). The van der Waals surface area contributed by atoms with Gasteiger partial charge in [-0.1, -0.05) is 18.2 Å². The van der Waals surface area contributed by atoms with E-state index < -0.39 is 15.6 Å². The number of aromatic nitrogens is 2. The number of amides is 1. The van der Waals surface area contributed by atoms with Crippen molar-refractivity contribution in [3.63, 3.8) is 0 Å². The number of rotatable bonds is 7. The summed E-state index contributed by atoms with van der Waals surface area (Å²) in [7, 11) is -3.84. The van der Waals surface area contributed by atoms with E-state index in [0.29, 0.717) is 5.56 Å². The predicted octanol–water partition coefficient (Wildman–Crippen LogP) is 6.97. The van der Waals surface area contributed by atoms with E-state index in [1.54, 1.807) is 23.6 Å². The number of benzene rings is 1. The van der Waals surface area contributed by atoms with Crippen molar-refractivity contribution in [2.24, 2.45) is 0 Å². The SMILES string of the molecule is CC(C)OC(=O)NC1CCC(c2ncc(-c3ccc(-c4ccn5ccccc45)cc3S(=O)(=O)NC(C)(C)C)s2)CC1. The first kappa shape index (κ1) is 29.3. The molecule has 8 nitrogen and oxygen atoms in total. The average Bonchev–Trinajstić information content (AvgIpc) is 3.55. The lowest BCUT2D eigenvalue weighted by Gasteiger charge is -2.28. The molecular formula is C31H38N4O4S2. The van der Waals surface area contributed by atoms with E-state index in [-0.39, 0.29) is 29.1 Å². The molecular weight excluding hydrogens is 556 g/mol. The maximum absolute atomic E-state index is 13.8. The quantitative estimate of drug-likeness (QED) is 0.241. The van der Waals surface area contributed by atoms with Gasteiger partial charge in [-0.05, 0) is 90.1 Å². The van der Waals surface area contributed by atoms with E-state index in [1.165, 1.54) is 0 Å². The molecule has 218 valence electrons. The number of ether oxygens (including phenoxy) is 1. The summed E-state index contributed by atoms with van der Waals surface area (Å²) in [6.07, 6.45) is 8.74. The number of nitrogens with zero attached hydrogens (tertiary/aromatic N) is 2. The number of hydrogen-bond donors (Lipinski definition) is 2. The van der Waals surface area contributed by atoms with Crippen molar-refractivity contribution in [2.75, 3.05) is 0 Å². The molecule has 1 aliphatic carbocycles. The van der Waals surface area contributed by atoms with E-state index in [2.05, 4.69) is 10.0 Å². The minimum absolute atomic E-state index is 0.0927. The Morgan fingerprint density at radius 3 is 2.51 bits per heavy atom. The molecule has 1 saturated carbocycles. The summed E-state index contributed by atoms with van der Waals surface area (Å²) in [6.45, 7) is 9.20. The lowest BCUT2D eigenvalue weighted by Crippen LogP contribution is -2.40. The third-order valence-corrected chi connectivity index (χ3v) is 10.1. The van der Waals surface area contributed by atoms with E-state index in [4.69, 9.17) is 9.72 Å². The van der Waals surface area contributed by atoms with Gasteiger partial charge in [0.2, 0.25) is 10.0 Å². The summed E-state index contributed by atoms with van der Waals surface area (Å²) in [5.41, 5.74) is 2.82. The van der Waals surface area contributed by atoms with Crippen LogP contribution in [0.2, 0.25) is 0 Å². The van der Waals surface area contributed by atoms with E-state index in [0.717, 1.165) is 52.2 Å². The maximum Gasteiger partial charge on any atom is 0.407 e. The van der Waals surface area contributed by atoms with Gasteiger partial charge in [0.1, 0.15) is 0 Å². The number of fused-ring (bicyclic) bond motifs is 1. The summed E-state index contributed by atoms with van der Waals surface area (Å²) in [4.78, 5) is 17.8. The van der Waals surface area contributed by atoms with Crippen molar-refractivity contribution >= 4 is 33.0 Å². The van der Waals surface area contributed by atoms with Gasteiger partial charge in [0.05, 0.1) is 26.4 Å². The zero-order valence-electron chi connectivity index (χ0n) is 24.2. The van der Waals surface area contributed by atoms with Gasteiger partial charge in [-0.3, -0.25) is 0 Å². The lowest BCUT2D eigenvalue weighted by atomic mass is 9.86. The lowest BCUT2D eigenvalue weighted by molar-refractivity contribution is 0.109. The number of thiazole rings is 1. The van der Waals surface area contributed by atoms with Crippen LogP contribution >= 0.6 is 11.3 Å². The first-order valence-corrected chi connectivity index (χ1v) is 16.4. The molecule has 0 spiro atoms. The fourth-order valence-electron chi connectivity index (χ4n) is 5.37. The van der Waals surface area contributed by atoms with Crippen LogP contribution in [-0.4, -0.2) is 41.6 Å². The van der Waals surface area contributed by atoms with Crippen LogP contribution in [0.1, 0.15) is 71.2 Å². The number of carbonyl (C=O) groups excluding carboxylic acids is 1. The molecule has 3 heterocycles. The van der Waals surface area contributed by atoms with Gasteiger partial charge < -0.3 is 14.5 Å². The maximum atomic E-state index is 13.8. The van der Waals surface area contributed by atoms with Crippen molar-refractivity contribution in [3.05, 3.63) is 66.1 Å². The molecule has 2 N–H and O–H groups in total. The van der Waals surface area contributed by atoms with Gasteiger partial charge >= 0.3 is 6.09 Å². The third kappa shape index (κ3) is 6.82. The Bertz CT molecular complexity index is 1640. The highest BCUT2D eigenvalue weighted by Crippen LogP contribution is 2.41. The fourth-order valence-corrected chi connectivity index (χ4v) is 8.23. The molecule has 0 aliphatic heterocycles. The molecule has 1 aromatic carbocycles. The van der Waals surface area contributed by atoms with Crippen LogP contribution in [0.25, 0.3) is 27.1 Å². The molecule has 1 aliphatic rings. The van der Waals surface area contributed by atoms with Crippen LogP contribution in [0, 0.1) is 0 Å². The molecule has 5 rings (SSSR count). The molecule has 3 aromatic heterocycles. The number of sulfonamides is 1. The van der Waals surface area contributed by atoms with Gasteiger partial charge in [0.15, 0.2) is 0 Å². The zero-order valence-corrected chi connectivity index (χ0v) is 25.8. The largest absolute Gasteiger partial charge is 0.447 e. The Labute approximate surface area is 246 Å². The summed E-state index contributed by atoms with van der Waals surface area (Å²) in [6, 6.07) is 13.7. The number of hydrogen-bond acceptors (Lipinski definition) is 6. The van der Waals surface area contributed by atoms with Gasteiger partial charge in [-0.2, -0.15) is 0 Å². The van der Waals surface area contributed by atoms with Crippen LogP contribution in [0.5, 0.6) is 0 Å². The first-order valence-electron chi connectivity index (χ1n) is 14.1. The molecule has 1 fully saturated rings. The summed E-state index contributed by atoms with van der Waals surface area (Å²) >= 11 is 1.55. The number of carbonyl (C=O) groups is 1. The van der Waals surface area contributed by atoms with Gasteiger partial charge in [-0.15, -0.1) is 11.3 Å². The Balaban J connectivity index is 1.43. The average molecular weight is 595 g/mol. The van der Waals surface area contributed by atoms with Crippen molar-refractivity contribution < 1.29 is 17.9 Å². The second-order valence-corrected chi connectivity index (χ2v) is 14.7. The first-order chi connectivity index (χ1) is 19.4.